The Kier molecular flexibility index (Phi) is 6.90. The van der Waals surface area contributed by atoms with E-state index in [1.807, 2.05) is 6.07 Å². The lowest BCUT2D eigenvalue weighted by atomic mass is 9.80. The van der Waals surface area contributed by atoms with Gasteiger partial charge in [-0.05, 0) is 29.5 Å². The summed E-state index contributed by atoms with van der Waals surface area (Å²) in [5, 5.41) is 2.44. The van der Waals surface area contributed by atoms with Crippen molar-refractivity contribution in [2.24, 2.45) is 5.41 Å². The van der Waals surface area contributed by atoms with Gasteiger partial charge in [0, 0.05) is 18.2 Å². The summed E-state index contributed by atoms with van der Waals surface area (Å²) in [4.78, 5) is 16.1. The molecule has 0 aliphatic heterocycles. The predicted octanol–water partition coefficient (Wildman–Crippen LogP) is 2.97. The molecule has 1 rings (SSSR count). The zero-order chi connectivity index (χ0) is 19.3. The lowest BCUT2D eigenvalue weighted by Gasteiger charge is -2.25. The minimum absolute atomic E-state index is 0.0975. The van der Waals surface area contributed by atoms with Crippen LogP contribution in [0, 0.1) is 5.41 Å². The number of aromatic nitrogens is 1. The molecule has 0 aromatic carbocycles. The highest BCUT2D eigenvalue weighted by molar-refractivity contribution is 7.85. The standard InChI is InChI=1S/C18H28N2O4S/c1-6-17(2,3)8-9-18(4,5)14-7-10-19-15(13-14)16(21)20-11-12-25(22,23)24/h7-10,13H,6,11-12H2,1-5H3,(H,20,21)(H,22,23,24)/b9-8+. The van der Waals surface area contributed by atoms with Crippen molar-refractivity contribution < 1.29 is 17.8 Å². The van der Waals surface area contributed by atoms with E-state index in [2.05, 4.69) is 57.1 Å². The summed E-state index contributed by atoms with van der Waals surface area (Å²) in [6, 6.07) is 3.56. The molecular formula is C18H28N2O4S. The molecule has 1 aromatic heterocycles. The Morgan fingerprint density at radius 1 is 1.28 bits per heavy atom. The average Bonchev–Trinajstić information content (AvgIpc) is 2.52. The third kappa shape index (κ3) is 7.36. The molecule has 0 fully saturated rings. The molecule has 0 saturated heterocycles. The first-order valence-corrected chi connectivity index (χ1v) is 9.87. The van der Waals surface area contributed by atoms with Crippen molar-refractivity contribution in [3.63, 3.8) is 0 Å². The summed E-state index contributed by atoms with van der Waals surface area (Å²) < 4.78 is 30.1. The lowest BCUT2D eigenvalue weighted by molar-refractivity contribution is 0.0951. The molecule has 1 aromatic rings. The monoisotopic (exact) mass is 368 g/mol. The van der Waals surface area contributed by atoms with Gasteiger partial charge in [-0.3, -0.25) is 14.3 Å². The van der Waals surface area contributed by atoms with Gasteiger partial charge in [-0.1, -0.05) is 46.8 Å². The summed E-state index contributed by atoms with van der Waals surface area (Å²) in [5.74, 6) is -1.00. The first kappa shape index (κ1) is 21.3. The highest BCUT2D eigenvalue weighted by Crippen LogP contribution is 2.29. The molecule has 0 bridgehead atoms. The molecule has 0 aliphatic rings. The molecule has 0 radical (unpaired) electrons. The van der Waals surface area contributed by atoms with Gasteiger partial charge in [0.15, 0.2) is 0 Å². The van der Waals surface area contributed by atoms with Crippen molar-refractivity contribution in [1.82, 2.24) is 10.3 Å². The summed E-state index contributed by atoms with van der Waals surface area (Å²) >= 11 is 0. The molecule has 1 heterocycles. The highest BCUT2D eigenvalue weighted by Gasteiger charge is 2.21. The SMILES string of the molecule is CCC(C)(C)/C=C/C(C)(C)c1ccnc(C(=O)NCCS(=O)(=O)O)c1. The first-order chi connectivity index (χ1) is 11.4. The third-order valence-corrected chi connectivity index (χ3v) is 4.96. The van der Waals surface area contributed by atoms with Gasteiger partial charge in [-0.25, -0.2) is 0 Å². The molecule has 0 atom stereocenters. The molecule has 0 unspecified atom stereocenters. The summed E-state index contributed by atoms with van der Waals surface area (Å²) in [6.45, 7) is 10.4. The second-order valence-corrected chi connectivity index (χ2v) is 8.94. The maximum Gasteiger partial charge on any atom is 0.269 e. The van der Waals surface area contributed by atoms with Crippen LogP contribution in [0.2, 0.25) is 0 Å². The number of nitrogens with one attached hydrogen (secondary N) is 1. The molecule has 0 spiro atoms. The van der Waals surface area contributed by atoms with Crippen LogP contribution in [0.25, 0.3) is 0 Å². The Morgan fingerprint density at radius 2 is 1.92 bits per heavy atom. The number of carbonyl (C=O) groups is 1. The Bertz CT molecular complexity index is 737. The number of amides is 1. The van der Waals surface area contributed by atoms with Crippen molar-refractivity contribution in [2.75, 3.05) is 12.3 Å². The van der Waals surface area contributed by atoms with Gasteiger partial charge in [0.05, 0.1) is 5.75 Å². The Hall–Kier alpha value is -1.73. The summed E-state index contributed by atoms with van der Waals surface area (Å²) in [7, 11) is -4.10. The van der Waals surface area contributed by atoms with Crippen molar-refractivity contribution in [3.05, 3.63) is 41.7 Å². The quantitative estimate of drug-likeness (QED) is 0.543. The van der Waals surface area contributed by atoms with Crippen LogP contribution in [0.3, 0.4) is 0 Å². The smallest absolute Gasteiger partial charge is 0.269 e. The molecule has 0 aliphatic carbocycles. The fourth-order valence-corrected chi connectivity index (χ4v) is 2.35. The van der Waals surface area contributed by atoms with Crippen molar-refractivity contribution in [2.45, 2.75) is 46.5 Å². The van der Waals surface area contributed by atoms with Gasteiger partial charge in [0.2, 0.25) is 0 Å². The van der Waals surface area contributed by atoms with Crippen molar-refractivity contribution in [1.29, 1.82) is 0 Å². The van der Waals surface area contributed by atoms with Crippen LogP contribution in [-0.4, -0.2) is 36.2 Å². The predicted molar refractivity (Wildman–Crippen MR) is 99.2 cm³/mol. The van der Waals surface area contributed by atoms with Gasteiger partial charge in [0.1, 0.15) is 5.69 Å². The normalized spacial score (nSPS) is 13.2. The molecule has 2 N–H and O–H groups in total. The van der Waals surface area contributed by atoms with E-state index >= 15 is 0 Å². The number of nitrogens with zero attached hydrogens (tertiary/aromatic N) is 1. The zero-order valence-corrected chi connectivity index (χ0v) is 16.4. The zero-order valence-electron chi connectivity index (χ0n) is 15.5. The Labute approximate surface area is 150 Å². The van der Waals surface area contributed by atoms with E-state index in [0.29, 0.717) is 0 Å². The van der Waals surface area contributed by atoms with Crippen LogP contribution in [0.1, 0.15) is 57.1 Å². The van der Waals surface area contributed by atoms with Gasteiger partial charge in [-0.2, -0.15) is 8.42 Å². The fourth-order valence-electron chi connectivity index (χ4n) is 1.99. The number of pyridine rings is 1. The van der Waals surface area contributed by atoms with E-state index in [9.17, 15) is 13.2 Å². The van der Waals surface area contributed by atoms with Crippen molar-refractivity contribution >= 4 is 16.0 Å². The first-order valence-electron chi connectivity index (χ1n) is 8.26. The van der Waals surface area contributed by atoms with E-state index in [1.54, 1.807) is 12.3 Å². The largest absolute Gasteiger partial charge is 0.350 e. The van der Waals surface area contributed by atoms with Crippen LogP contribution in [-0.2, 0) is 15.5 Å². The Morgan fingerprint density at radius 3 is 2.48 bits per heavy atom. The lowest BCUT2D eigenvalue weighted by Crippen LogP contribution is -2.30. The van der Waals surface area contributed by atoms with E-state index in [4.69, 9.17) is 4.55 Å². The summed E-state index contributed by atoms with van der Waals surface area (Å²) in [6.07, 6.45) is 6.90. The summed E-state index contributed by atoms with van der Waals surface area (Å²) in [5.41, 5.74) is 0.966. The second-order valence-electron chi connectivity index (χ2n) is 7.37. The number of rotatable bonds is 8. The van der Waals surface area contributed by atoms with Gasteiger partial charge < -0.3 is 5.32 Å². The van der Waals surface area contributed by atoms with E-state index in [0.717, 1.165) is 12.0 Å². The van der Waals surface area contributed by atoms with E-state index < -0.39 is 21.8 Å². The van der Waals surface area contributed by atoms with Crippen LogP contribution in [0.15, 0.2) is 30.5 Å². The molecule has 140 valence electrons. The highest BCUT2D eigenvalue weighted by atomic mass is 32.2. The van der Waals surface area contributed by atoms with Gasteiger partial charge in [0.25, 0.3) is 16.0 Å². The maximum absolute atomic E-state index is 12.1. The second kappa shape index (κ2) is 8.10. The Balaban J connectivity index is 2.91. The van der Waals surface area contributed by atoms with Crippen molar-refractivity contribution in [3.8, 4) is 0 Å². The van der Waals surface area contributed by atoms with Gasteiger partial charge >= 0.3 is 0 Å². The molecule has 7 heteroatoms. The number of hydrogen-bond acceptors (Lipinski definition) is 4. The minimum atomic E-state index is -4.10. The average molecular weight is 368 g/mol. The maximum atomic E-state index is 12.1. The van der Waals surface area contributed by atoms with E-state index in [1.165, 1.54) is 0 Å². The number of carbonyl (C=O) groups excluding carboxylic acids is 1. The topological polar surface area (TPSA) is 96.4 Å². The number of hydrogen-bond donors (Lipinski definition) is 2. The van der Waals surface area contributed by atoms with Crippen LogP contribution in [0.5, 0.6) is 0 Å². The molecule has 6 nitrogen and oxygen atoms in total. The fraction of sp³-hybridized carbons (Fsp3) is 0.556. The molecule has 25 heavy (non-hydrogen) atoms. The molecular weight excluding hydrogens is 340 g/mol. The number of allylic oxidation sites excluding steroid dienone is 2. The van der Waals surface area contributed by atoms with Crippen LogP contribution >= 0.6 is 0 Å². The molecule has 1 amide bonds. The minimum Gasteiger partial charge on any atom is -0.350 e. The van der Waals surface area contributed by atoms with Crippen LogP contribution in [0.4, 0.5) is 0 Å². The van der Waals surface area contributed by atoms with Crippen LogP contribution < -0.4 is 5.32 Å². The van der Waals surface area contributed by atoms with E-state index in [-0.39, 0.29) is 23.1 Å². The molecule has 0 saturated carbocycles. The van der Waals surface area contributed by atoms with Gasteiger partial charge in [-0.15, -0.1) is 0 Å². The third-order valence-electron chi connectivity index (χ3n) is 4.24.